The van der Waals surface area contributed by atoms with Crippen LogP contribution < -0.4 is 4.90 Å². The average Bonchev–Trinajstić information content (AvgIpc) is 2.63. The Bertz CT molecular complexity index is 483. The van der Waals surface area contributed by atoms with Crippen LogP contribution in [0.15, 0.2) is 0 Å². The summed E-state index contributed by atoms with van der Waals surface area (Å²) >= 11 is 0. The minimum atomic E-state index is -0.475. The van der Waals surface area contributed by atoms with Crippen molar-refractivity contribution in [1.82, 2.24) is 9.78 Å². The third kappa shape index (κ3) is 3.21. The number of carbonyl (C=O) groups is 1. The van der Waals surface area contributed by atoms with Gasteiger partial charge in [0.25, 0.3) is 0 Å². The fourth-order valence-electron chi connectivity index (χ4n) is 1.95. The van der Waals surface area contributed by atoms with E-state index in [-0.39, 0.29) is 12.2 Å². The lowest BCUT2D eigenvalue weighted by atomic mass is 10.3. The van der Waals surface area contributed by atoms with Gasteiger partial charge in [-0.2, -0.15) is 5.10 Å². The zero-order valence-corrected chi connectivity index (χ0v) is 11.5. The third-order valence-electron chi connectivity index (χ3n) is 2.68. The number of hydrogen-bond donors (Lipinski definition) is 0. The molecule has 0 bridgehead atoms. The lowest BCUT2D eigenvalue weighted by Gasteiger charge is -2.21. The summed E-state index contributed by atoms with van der Waals surface area (Å²) < 4.78 is 6.04. The second kappa shape index (κ2) is 6.17. The molecule has 0 saturated heterocycles. The topological polar surface area (TPSA) is 90.5 Å². The Morgan fingerprint density at radius 3 is 2.68 bits per heavy atom. The molecule has 0 atom stereocenters. The Morgan fingerprint density at radius 1 is 1.58 bits per heavy atom. The van der Waals surface area contributed by atoms with Gasteiger partial charge in [-0.15, -0.1) is 0 Å². The first-order chi connectivity index (χ1) is 8.92. The first kappa shape index (κ1) is 14.9. The van der Waals surface area contributed by atoms with E-state index in [2.05, 4.69) is 9.84 Å². The number of aromatic nitrogens is 2. The van der Waals surface area contributed by atoms with Crippen LogP contribution in [0.4, 0.5) is 11.5 Å². The fourth-order valence-corrected chi connectivity index (χ4v) is 1.95. The number of rotatable bonds is 6. The smallest absolute Gasteiger partial charge is 0.333 e. The molecule has 0 N–H and O–H groups in total. The van der Waals surface area contributed by atoms with Crippen molar-refractivity contribution in [2.75, 3.05) is 25.1 Å². The molecule has 0 aliphatic heterocycles. The summed E-state index contributed by atoms with van der Waals surface area (Å²) in [6.07, 6.45) is 0.748. The molecule has 0 amide bonds. The van der Waals surface area contributed by atoms with E-state index in [1.165, 1.54) is 11.8 Å². The van der Waals surface area contributed by atoms with Gasteiger partial charge < -0.3 is 9.64 Å². The Kier molecular flexibility index (Phi) is 4.85. The van der Waals surface area contributed by atoms with Gasteiger partial charge >= 0.3 is 11.7 Å². The van der Waals surface area contributed by atoms with Gasteiger partial charge in [0.1, 0.15) is 12.2 Å². The second-order valence-corrected chi connectivity index (χ2v) is 4.14. The summed E-state index contributed by atoms with van der Waals surface area (Å²) in [7, 11) is 2.91. The lowest BCUT2D eigenvalue weighted by molar-refractivity contribution is -0.384. The molecule has 19 heavy (non-hydrogen) atoms. The molecule has 1 aromatic rings. The van der Waals surface area contributed by atoms with E-state index in [1.54, 1.807) is 18.9 Å². The van der Waals surface area contributed by atoms with E-state index in [1.807, 2.05) is 6.92 Å². The molecule has 0 saturated carbocycles. The molecule has 8 heteroatoms. The monoisotopic (exact) mass is 270 g/mol. The number of ether oxygens (including phenoxy) is 1. The zero-order chi connectivity index (χ0) is 14.6. The quantitative estimate of drug-likeness (QED) is 0.435. The van der Waals surface area contributed by atoms with Gasteiger partial charge in [-0.05, 0) is 13.3 Å². The highest BCUT2D eigenvalue weighted by atomic mass is 16.6. The van der Waals surface area contributed by atoms with Crippen molar-refractivity contribution in [2.45, 2.75) is 20.3 Å². The molecule has 8 nitrogen and oxygen atoms in total. The van der Waals surface area contributed by atoms with Crippen LogP contribution >= 0.6 is 0 Å². The minimum absolute atomic E-state index is 0.0375. The van der Waals surface area contributed by atoms with Crippen LogP contribution in [0.5, 0.6) is 0 Å². The summed E-state index contributed by atoms with van der Waals surface area (Å²) in [5.74, 6) is -0.114. The van der Waals surface area contributed by atoms with Gasteiger partial charge in [-0.25, -0.2) is 4.68 Å². The number of esters is 1. The fraction of sp³-hybridized carbons (Fsp3) is 0.636. The highest BCUT2D eigenvalue weighted by Crippen LogP contribution is 2.30. The van der Waals surface area contributed by atoms with Crippen molar-refractivity contribution in [2.24, 2.45) is 7.05 Å². The molecular formula is C11H18N4O4. The summed E-state index contributed by atoms with van der Waals surface area (Å²) in [5.41, 5.74) is 0.258. The number of anilines is 1. The highest BCUT2D eigenvalue weighted by molar-refractivity contribution is 5.77. The van der Waals surface area contributed by atoms with Crippen molar-refractivity contribution in [3.05, 3.63) is 15.8 Å². The van der Waals surface area contributed by atoms with E-state index in [0.29, 0.717) is 18.1 Å². The van der Waals surface area contributed by atoms with Crippen molar-refractivity contribution in [3.8, 4) is 0 Å². The standard InChI is InChI=1S/C11H18N4O4/c1-5-6-14(7-9(16)19-4)11-10(15(17)18)8(2)12-13(11)3/h5-7H2,1-4H3. The normalized spacial score (nSPS) is 10.3. The Morgan fingerprint density at radius 2 is 2.21 bits per heavy atom. The largest absolute Gasteiger partial charge is 0.468 e. The molecular weight excluding hydrogens is 252 g/mol. The maximum absolute atomic E-state index is 11.4. The van der Waals surface area contributed by atoms with Crippen LogP contribution in [-0.2, 0) is 16.6 Å². The molecule has 0 unspecified atom stereocenters. The maximum atomic E-state index is 11.4. The van der Waals surface area contributed by atoms with Gasteiger partial charge in [0.15, 0.2) is 0 Å². The van der Waals surface area contributed by atoms with Gasteiger partial charge in [-0.1, -0.05) is 6.92 Å². The number of aryl methyl sites for hydroxylation is 2. The third-order valence-corrected chi connectivity index (χ3v) is 2.68. The van der Waals surface area contributed by atoms with E-state index in [9.17, 15) is 14.9 Å². The van der Waals surface area contributed by atoms with Crippen molar-refractivity contribution >= 4 is 17.5 Å². The molecule has 1 aromatic heterocycles. The van der Waals surface area contributed by atoms with E-state index >= 15 is 0 Å². The number of carbonyl (C=O) groups excluding carboxylic acids is 1. The van der Waals surface area contributed by atoms with Gasteiger partial charge in [-0.3, -0.25) is 14.9 Å². The highest BCUT2D eigenvalue weighted by Gasteiger charge is 2.29. The van der Waals surface area contributed by atoms with Crippen LogP contribution in [0.1, 0.15) is 19.0 Å². The van der Waals surface area contributed by atoms with Crippen LogP contribution in [0.25, 0.3) is 0 Å². The number of nitro groups is 1. The van der Waals surface area contributed by atoms with Crippen LogP contribution in [0, 0.1) is 17.0 Å². The summed E-state index contributed by atoms with van der Waals surface area (Å²) in [4.78, 5) is 23.7. The Balaban J connectivity index is 3.21. The Hall–Kier alpha value is -2.12. The van der Waals surface area contributed by atoms with Crippen molar-refractivity contribution in [1.29, 1.82) is 0 Å². The molecule has 0 aliphatic rings. The first-order valence-corrected chi connectivity index (χ1v) is 5.92. The molecule has 1 heterocycles. The van der Waals surface area contributed by atoms with E-state index in [0.717, 1.165) is 6.42 Å². The number of hydrogen-bond acceptors (Lipinski definition) is 6. The summed E-state index contributed by atoms with van der Waals surface area (Å²) in [6.45, 7) is 3.97. The lowest BCUT2D eigenvalue weighted by Crippen LogP contribution is -2.33. The number of methoxy groups -OCH3 is 1. The molecule has 0 spiro atoms. The van der Waals surface area contributed by atoms with E-state index < -0.39 is 10.9 Å². The molecule has 1 rings (SSSR count). The molecule has 0 aliphatic carbocycles. The van der Waals surface area contributed by atoms with Gasteiger partial charge in [0, 0.05) is 13.6 Å². The predicted molar refractivity (Wildman–Crippen MR) is 69.1 cm³/mol. The van der Waals surface area contributed by atoms with Gasteiger partial charge in [0.2, 0.25) is 5.82 Å². The molecule has 0 fully saturated rings. The second-order valence-electron chi connectivity index (χ2n) is 4.14. The summed E-state index contributed by atoms with van der Waals surface area (Å²) in [6, 6.07) is 0. The van der Waals surface area contributed by atoms with Crippen LogP contribution in [-0.4, -0.2) is 40.9 Å². The maximum Gasteiger partial charge on any atom is 0.333 e. The van der Waals surface area contributed by atoms with Crippen LogP contribution in [0.3, 0.4) is 0 Å². The van der Waals surface area contributed by atoms with Crippen molar-refractivity contribution in [3.63, 3.8) is 0 Å². The number of nitrogens with zero attached hydrogens (tertiary/aromatic N) is 4. The van der Waals surface area contributed by atoms with Crippen LogP contribution in [0.2, 0.25) is 0 Å². The molecule has 0 radical (unpaired) electrons. The zero-order valence-electron chi connectivity index (χ0n) is 11.5. The Labute approximate surface area is 111 Å². The average molecular weight is 270 g/mol. The van der Waals surface area contributed by atoms with E-state index in [4.69, 9.17) is 0 Å². The minimum Gasteiger partial charge on any atom is -0.468 e. The van der Waals surface area contributed by atoms with Gasteiger partial charge in [0.05, 0.1) is 12.0 Å². The first-order valence-electron chi connectivity index (χ1n) is 5.92. The SMILES string of the molecule is CCCN(CC(=O)OC)c1c([N+](=O)[O-])c(C)nn1C. The van der Waals surface area contributed by atoms with Crippen molar-refractivity contribution < 1.29 is 14.5 Å². The summed E-state index contributed by atoms with van der Waals surface area (Å²) in [5, 5.41) is 15.2. The molecule has 0 aromatic carbocycles. The molecule has 106 valence electrons. The predicted octanol–water partition coefficient (Wildman–Crippen LogP) is 1.03.